The van der Waals surface area contributed by atoms with Gasteiger partial charge in [0.2, 0.25) is 0 Å². The fourth-order valence-electron chi connectivity index (χ4n) is 3.51. The molecule has 1 saturated heterocycles. The average molecular weight is 456 g/mol. The molecule has 2 N–H and O–H groups in total. The smallest absolute Gasteiger partial charge is 0.372 e. The Kier molecular flexibility index (Phi) is 7.14. The van der Waals surface area contributed by atoms with Crippen molar-refractivity contribution in [1.29, 1.82) is 0 Å². The van der Waals surface area contributed by atoms with Crippen molar-refractivity contribution in [3.63, 3.8) is 0 Å². The Balaban J connectivity index is 1.59. The van der Waals surface area contributed by atoms with Crippen LogP contribution in [0.4, 0.5) is 24.5 Å². The topological polar surface area (TPSA) is 27.3 Å². The number of rotatable bonds is 4. The van der Waals surface area contributed by atoms with Gasteiger partial charge in [0.15, 0.2) is 5.11 Å². The maximum absolute atomic E-state index is 13.0. The third-order valence-electron chi connectivity index (χ3n) is 5.42. The van der Waals surface area contributed by atoms with Crippen molar-refractivity contribution in [3.8, 4) is 0 Å². The van der Waals surface area contributed by atoms with Gasteiger partial charge in [-0.1, -0.05) is 30.7 Å². The number of anilines is 2. The Bertz CT molecular complexity index is 878. The monoisotopic (exact) mass is 455 g/mol. The molecule has 1 heterocycles. The van der Waals surface area contributed by atoms with E-state index in [0.29, 0.717) is 0 Å². The molecular weight excluding hydrogens is 431 g/mol. The van der Waals surface area contributed by atoms with Gasteiger partial charge in [-0.25, -0.2) is 0 Å². The minimum absolute atomic E-state index is 0.102. The largest absolute Gasteiger partial charge is 0.417 e. The van der Waals surface area contributed by atoms with Gasteiger partial charge in [-0.05, 0) is 73.8 Å². The molecule has 1 unspecified atom stereocenters. The van der Waals surface area contributed by atoms with Gasteiger partial charge in [0.1, 0.15) is 0 Å². The van der Waals surface area contributed by atoms with E-state index < -0.39 is 11.7 Å². The molecule has 0 aliphatic carbocycles. The SMILES string of the molecule is CC1CCN(c2ccc(C(C)NC(=S)Nc3ccc(Cl)c(C(F)(F)F)c3)cc2)CC1. The zero-order chi connectivity index (χ0) is 21.9. The van der Waals surface area contributed by atoms with Crippen LogP contribution in [0.2, 0.25) is 5.02 Å². The molecule has 0 saturated carbocycles. The molecular formula is C22H25ClF3N3S. The van der Waals surface area contributed by atoms with Gasteiger partial charge in [-0.3, -0.25) is 0 Å². The molecule has 2 aromatic carbocycles. The number of piperidine rings is 1. The van der Waals surface area contributed by atoms with Crippen molar-refractivity contribution in [3.05, 3.63) is 58.6 Å². The lowest BCUT2D eigenvalue weighted by atomic mass is 9.98. The van der Waals surface area contributed by atoms with E-state index in [2.05, 4.69) is 46.7 Å². The first kappa shape index (κ1) is 22.7. The van der Waals surface area contributed by atoms with Gasteiger partial charge in [-0.2, -0.15) is 13.2 Å². The second kappa shape index (κ2) is 9.43. The number of hydrogen-bond donors (Lipinski definition) is 2. The molecule has 1 atom stereocenters. The summed E-state index contributed by atoms with van der Waals surface area (Å²) in [4.78, 5) is 2.40. The number of alkyl halides is 3. The molecule has 0 radical (unpaired) electrons. The number of hydrogen-bond acceptors (Lipinski definition) is 2. The number of nitrogens with one attached hydrogen (secondary N) is 2. The lowest BCUT2D eigenvalue weighted by Crippen LogP contribution is -2.33. The van der Waals surface area contributed by atoms with E-state index in [4.69, 9.17) is 23.8 Å². The molecule has 0 spiro atoms. The van der Waals surface area contributed by atoms with Crippen molar-refractivity contribution < 1.29 is 13.2 Å². The number of nitrogens with zero attached hydrogens (tertiary/aromatic N) is 1. The zero-order valence-electron chi connectivity index (χ0n) is 16.9. The minimum atomic E-state index is -4.52. The van der Waals surface area contributed by atoms with Crippen molar-refractivity contribution in [2.45, 2.75) is 38.9 Å². The van der Waals surface area contributed by atoms with Crippen molar-refractivity contribution in [2.24, 2.45) is 5.92 Å². The molecule has 1 aliphatic rings. The number of benzene rings is 2. The third kappa shape index (κ3) is 5.79. The van der Waals surface area contributed by atoms with Gasteiger partial charge >= 0.3 is 6.18 Å². The highest BCUT2D eigenvalue weighted by Gasteiger charge is 2.33. The molecule has 0 aromatic heterocycles. The maximum atomic E-state index is 13.0. The molecule has 3 rings (SSSR count). The van der Waals surface area contributed by atoms with Crippen LogP contribution in [-0.4, -0.2) is 18.2 Å². The summed E-state index contributed by atoms with van der Waals surface area (Å²) in [6, 6.07) is 11.8. The lowest BCUT2D eigenvalue weighted by Gasteiger charge is -2.32. The van der Waals surface area contributed by atoms with Gasteiger partial charge < -0.3 is 15.5 Å². The predicted octanol–water partition coefficient (Wildman–Crippen LogP) is 6.64. The summed E-state index contributed by atoms with van der Waals surface area (Å²) >= 11 is 10.9. The van der Waals surface area contributed by atoms with Crippen LogP contribution in [0.3, 0.4) is 0 Å². The van der Waals surface area contributed by atoms with Gasteiger partial charge in [0.25, 0.3) is 0 Å². The van der Waals surface area contributed by atoms with Crippen LogP contribution in [-0.2, 0) is 6.18 Å². The summed E-state index contributed by atoms with van der Waals surface area (Å²) in [6.45, 7) is 6.39. The van der Waals surface area contributed by atoms with E-state index in [1.807, 2.05) is 6.92 Å². The third-order valence-corrected chi connectivity index (χ3v) is 5.97. The van der Waals surface area contributed by atoms with E-state index in [1.54, 1.807) is 0 Å². The highest BCUT2D eigenvalue weighted by Crippen LogP contribution is 2.36. The van der Waals surface area contributed by atoms with E-state index in [-0.39, 0.29) is 21.9 Å². The quantitative estimate of drug-likeness (QED) is 0.505. The van der Waals surface area contributed by atoms with Crippen molar-refractivity contribution in [2.75, 3.05) is 23.3 Å². The Morgan fingerprint density at radius 1 is 1.13 bits per heavy atom. The van der Waals surface area contributed by atoms with E-state index in [1.165, 1.54) is 30.7 Å². The van der Waals surface area contributed by atoms with Gasteiger partial charge in [0.05, 0.1) is 16.6 Å². The number of halogens is 4. The van der Waals surface area contributed by atoms with Crippen LogP contribution in [0.15, 0.2) is 42.5 Å². The Labute approximate surface area is 185 Å². The number of thiocarbonyl (C=S) groups is 1. The summed E-state index contributed by atoms with van der Waals surface area (Å²) in [5, 5.41) is 5.82. The predicted molar refractivity (Wildman–Crippen MR) is 121 cm³/mol. The van der Waals surface area contributed by atoms with Crippen molar-refractivity contribution >= 4 is 40.3 Å². The molecule has 162 valence electrons. The summed E-state index contributed by atoms with van der Waals surface area (Å²) < 4.78 is 39.1. The first-order valence-corrected chi connectivity index (χ1v) is 10.7. The standard InChI is InChI=1S/C22H25ClF3N3S/c1-14-9-11-29(12-10-14)18-6-3-16(4-7-18)15(2)27-21(30)28-17-5-8-20(23)19(13-17)22(24,25)26/h3-8,13-15H,9-12H2,1-2H3,(H2,27,28,30). The van der Waals surface area contributed by atoms with Crippen LogP contribution < -0.4 is 15.5 Å². The molecule has 3 nitrogen and oxygen atoms in total. The van der Waals surface area contributed by atoms with Crippen LogP contribution >= 0.6 is 23.8 Å². The summed E-state index contributed by atoms with van der Waals surface area (Å²) in [7, 11) is 0. The van der Waals surface area contributed by atoms with Crippen LogP contribution in [0, 0.1) is 5.92 Å². The lowest BCUT2D eigenvalue weighted by molar-refractivity contribution is -0.137. The fraction of sp³-hybridized carbons (Fsp3) is 0.409. The molecule has 2 aromatic rings. The van der Waals surface area contributed by atoms with Crippen molar-refractivity contribution in [1.82, 2.24) is 5.32 Å². The van der Waals surface area contributed by atoms with Crippen LogP contribution in [0.1, 0.15) is 43.9 Å². The van der Waals surface area contributed by atoms with E-state index in [0.717, 1.165) is 30.6 Å². The highest BCUT2D eigenvalue weighted by atomic mass is 35.5. The average Bonchev–Trinajstić information content (AvgIpc) is 2.69. The summed E-state index contributed by atoms with van der Waals surface area (Å²) in [5.74, 6) is 0.783. The van der Waals surface area contributed by atoms with Gasteiger partial charge in [-0.15, -0.1) is 0 Å². The normalized spacial score (nSPS) is 16.3. The van der Waals surface area contributed by atoms with E-state index in [9.17, 15) is 13.2 Å². The molecule has 8 heteroatoms. The second-order valence-corrected chi connectivity index (χ2v) is 8.59. The Morgan fingerprint density at radius 2 is 1.77 bits per heavy atom. The second-order valence-electron chi connectivity index (χ2n) is 7.77. The zero-order valence-corrected chi connectivity index (χ0v) is 18.5. The molecule has 1 aliphatic heterocycles. The first-order chi connectivity index (χ1) is 14.1. The summed E-state index contributed by atoms with van der Waals surface area (Å²) in [5.41, 5.74) is 1.58. The van der Waals surface area contributed by atoms with E-state index >= 15 is 0 Å². The summed E-state index contributed by atoms with van der Waals surface area (Å²) in [6.07, 6.45) is -2.11. The molecule has 1 fully saturated rings. The Hall–Kier alpha value is -1.99. The maximum Gasteiger partial charge on any atom is 0.417 e. The van der Waals surface area contributed by atoms with Crippen LogP contribution in [0.5, 0.6) is 0 Å². The Morgan fingerprint density at radius 3 is 2.37 bits per heavy atom. The first-order valence-electron chi connectivity index (χ1n) is 9.92. The van der Waals surface area contributed by atoms with Gasteiger partial charge in [0, 0.05) is 24.5 Å². The highest BCUT2D eigenvalue weighted by molar-refractivity contribution is 7.80. The minimum Gasteiger partial charge on any atom is -0.372 e. The molecule has 30 heavy (non-hydrogen) atoms. The fourth-order valence-corrected chi connectivity index (χ4v) is 4.03. The molecule has 0 amide bonds. The molecule has 0 bridgehead atoms. The van der Waals surface area contributed by atoms with Crippen LogP contribution in [0.25, 0.3) is 0 Å².